The highest BCUT2D eigenvalue weighted by molar-refractivity contribution is 14.0. The number of rotatable bonds is 4. The van der Waals surface area contributed by atoms with Crippen LogP contribution in [0.3, 0.4) is 0 Å². The van der Waals surface area contributed by atoms with E-state index in [4.69, 9.17) is 0 Å². The second-order valence-electron chi connectivity index (χ2n) is 7.40. The number of aliphatic imine (C=N–C) groups is 1. The molecule has 1 saturated heterocycles. The minimum Gasteiger partial charge on any atom is -0.506 e. The number of anilines is 1. The van der Waals surface area contributed by atoms with E-state index in [0.29, 0.717) is 17.6 Å². The predicted molar refractivity (Wildman–Crippen MR) is 126 cm³/mol. The Hall–Kier alpha value is -1.96. The lowest BCUT2D eigenvalue weighted by Crippen LogP contribution is -2.52. The van der Waals surface area contributed by atoms with Gasteiger partial charge < -0.3 is 20.2 Å². The summed E-state index contributed by atoms with van der Waals surface area (Å²) < 4.78 is 0. The van der Waals surface area contributed by atoms with Crippen LogP contribution in [0.1, 0.15) is 17.9 Å². The van der Waals surface area contributed by atoms with E-state index in [1.165, 1.54) is 12.0 Å². The molecule has 2 aliphatic rings. The number of piperazine rings is 1. The minimum atomic E-state index is 0. The Morgan fingerprint density at radius 3 is 2.39 bits per heavy atom. The van der Waals surface area contributed by atoms with Crippen molar-refractivity contribution in [2.45, 2.75) is 12.3 Å². The van der Waals surface area contributed by atoms with Crippen molar-refractivity contribution >= 4 is 35.6 Å². The Labute approximate surface area is 184 Å². The summed E-state index contributed by atoms with van der Waals surface area (Å²) in [5, 5.41) is 13.6. The molecule has 1 aliphatic carbocycles. The van der Waals surface area contributed by atoms with Gasteiger partial charge in [-0.2, -0.15) is 0 Å². The summed E-state index contributed by atoms with van der Waals surface area (Å²) in [6.07, 6.45) is 1.26. The number of hydrogen-bond donors (Lipinski definition) is 2. The molecule has 5 nitrogen and oxygen atoms in total. The first-order chi connectivity index (χ1) is 13.3. The van der Waals surface area contributed by atoms with Gasteiger partial charge in [-0.3, -0.25) is 4.99 Å². The number of halogens is 1. The third-order valence-electron chi connectivity index (χ3n) is 5.69. The van der Waals surface area contributed by atoms with Gasteiger partial charge in [-0.15, -0.1) is 24.0 Å². The molecular weight excluding hydrogens is 463 g/mol. The van der Waals surface area contributed by atoms with Crippen LogP contribution in [0.2, 0.25) is 0 Å². The smallest absolute Gasteiger partial charge is 0.193 e. The Morgan fingerprint density at radius 2 is 1.71 bits per heavy atom. The van der Waals surface area contributed by atoms with E-state index in [1.807, 2.05) is 25.2 Å². The fourth-order valence-corrected chi connectivity index (χ4v) is 4.03. The van der Waals surface area contributed by atoms with E-state index >= 15 is 0 Å². The Balaban J connectivity index is 0.00000225. The van der Waals surface area contributed by atoms with Crippen LogP contribution in [0.25, 0.3) is 0 Å². The fraction of sp³-hybridized carbons (Fsp3) is 0.409. The number of phenols is 1. The molecule has 0 aromatic heterocycles. The Bertz CT molecular complexity index is 790. The van der Waals surface area contributed by atoms with Crippen LogP contribution in [0, 0.1) is 5.92 Å². The first-order valence-electron chi connectivity index (χ1n) is 9.79. The first kappa shape index (κ1) is 20.8. The molecule has 2 aromatic rings. The molecule has 0 amide bonds. The average Bonchev–Trinajstić information content (AvgIpc) is 3.50. The van der Waals surface area contributed by atoms with Crippen LogP contribution in [0.15, 0.2) is 59.6 Å². The van der Waals surface area contributed by atoms with Crippen molar-refractivity contribution in [3.8, 4) is 5.75 Å². The zero-order valence-corrected chi connectivity index (χ0v) is 18.6. The molecule has 2 N–H and O–H groups in total. The zero-order valence-electron chi connectivity index (χ0n) is 16.3. The molecule has 150 valence electrons. The summed E-state index contributed by atoms with van der Waals surface area (Å²) in [4.78, 5) is 9.05. The van der Waals surface area contributed by atoms with Crippen molar-refractivity contribution in [3.05, 3.63) is 60.2 Å². The summed E-state index contributed by atoms with van der Waals surface area (Å²) in [6.45, 7) is 4.55. The van der Waals surface area contributed by atoms with Gasteiger partial charge in [0.1, 0.15) is 5.75 Å². The normalized spacial score (nSPS) is 21.8. The summed E-state index contributed by atoms with van der Waals surface area (Å²) in [5.74, 6) is 2.74. The van der Waals surface area contributed by atoms with Crippen molar-refractivity contribution in [3.63, 3.8) is 0 Å². The van der Waals surface area contributed by atoms with Crippen LogP contribution in [-0.4, -0.2) is 55.7 Å². The quantitative estimate of drug-likeness (QED) is 0.390. The fourth-order valence-electron chi connectivity index (χ4n) is 4.03. The molecule has 6 heteroatoms. The van der Waals surface area contributed by atoms with Crippen molar-refractivity contribution < 1.29 is 5.11 Å². The van der Waals surface area contributed by atoms with E-state index in [-0.39, 0.29) is 24.0 Å². The third-order valence-corrected chi connectivity index (χ3v) is 5.69. The number of nitrogens with zero attached hydrogens (tertiary/aromatic N) is 3. The third kappa shape index (κ3) is 4.71. The van der Waals surface area contributed by atoms with Gasteiger partial charge in [0, 0.05) is 39.8 Å². The van der Waals surface area contributed by atoms with Crippen LogP contribution in [-0.2, 0) is 0 Å². The Morgan fingerprint density at radius 1 is 1.04 bits per heavy atom. The lowest BCUT2D eigenvalue weighted by molar-refractivity contribution is 0.369. The van der Waals surface area contributed by atoms with Crippen LogP contribution < -0.4 is 10.2 Å². The van der Waals surface area contributed by atoms with Gasteiger partial charge >= 0.3 is 0 Å². The molecule has 1 heterocycles. The number of benzene rings is 2. The number of guanidine groups is 1. The summed E-state index contributed by atoms with van der Waals surface area (Å²) in [5.41, 5.74) is 2.37. The maximum absolute atomic E-state index is 10.1. The lowest BCUT2D eigenvalue weighted by Gasteiger charge is -2.37. The van der Waals surface area contributed by atoms with E-state index < -0.39 is 0 Å². The summed E-state index contributed by atoms with van der Waals surface area (Å²) in [7, 11) is 1.86. The van der Waals surface area contributed by atoms with Crippen molar-refractivity contribution in [1.29, 1.82) is 0 Å². The Kier molecular flexibility index (Phi) is 7.04. The molecule has 2 fully saturated rings. The van der Waals surface area contributed by atoms with Crippen molar-refractivity contribution in [1.82, 2.24) is 10.2 Å². The average molecular weight is 492 g/mol. The van der Waals surface area contributed by atoms with Gasteiger partial charge in [-0.05, 0) is 36.0 Å². The molecule has 28 heavy (non-hydrogen) atoms. The number of hydrogen-bond acceptors (Lipinski definition) is 3. The van der Waals surface area contributed by atoms with Gasteiger partial charge in [0.15, 0.2) is 5.96 Å². The van der Waals surface area contributed by atoms with E-state index in [0.717, 1.165) is 44.4 Å². The van der Waals surface area contributed by atoms with Gasteiger partial charge in [0.25, 0.3) is 0 Å². The predicted octanol–water partition coefficient (Wildman–Crippen LogP) is 3.51. The molecule has 2 aromatic carbocycles. The number of nitrogens with one attached hydrogen (secondary N) is 1. The number of phenolic OH excluding ortho intramolecular Hbond substituents is 1. The monoisotopic (exact) mass is 492 g/mol. The zero-order chi connectivity index (χ0) is 18.6. The van der Waals surface area contributed by atoms with E-state index in [9.17, 15) is 5.11 Å². The van der Waals surface area contributed by atoms with Gasteiger partial charge in [0.2, 0.25) is 0 Å². The SMILES string of the molecule is CN=C(NCC1CC1c1ccccc1)N1CCN(c2ccccc2O)CC1.I. The molecule has 0 bridgehead atoms. The molecule has 0 spiro atoms. The molecule has 0 radical (unpaired) electrons. The maximum Gasteiger partial charge on any atom is 0.193 e. The highest BCUT2D eigenvalue weighted by Crippen LogP contribution is 2.46. The van der Waals surface area contributed by atoms with Crippen LogP contribution >= 0.6 is 24.0 Å². The second-order valence-corrected chi connectivity index (χ2v) is 7.40. The summed E-state index contributed by atoms with van der Waals surface area (Å²) >= 11 is 0. The van der Waals surface area contributed by atoms with Crippen molar-refractivity contribution in [2.24, 2.45) is 10.9 Å². The van der Waals surface area contributed by atoms with Gasteiger partial charge in [-0.25, -0.2) is 0 Å². The first-order valence-corrected chi connectivity index (χ1v) is 9.79. The maximum atomic E-state index is 10.1. The molecule has 4 rings (SSSR count). The molecule has 1 saturated carbocycles. The molecular formula is C22H29IN4O. The highest BCUT2D eigenvalue weighted by Gasteiger charge is 2.38. The topological polar surface area (TPSA) is 51.1 Å². The highest BCUT2D eigenvalue weighted by atomic mass is 127. The standard InChI is InChI=1S/C22H28N4O.HI/c1-23-22(24-16-18-15-19(18)17-7-3-2-4-8-17)26-13-11-25(12-14-26)20-9-5-6-10-21(20)27;/h2-10,18-19,27H,11-16H2,1H3,(H,23,24);1H. The van der Waals surface area contributed by atoms with Gasteiger partial charge in [-0.1, -0.05) is 42.5 Å². The van der Waals surface area contributed by atoms with E-state index in [1.54, 1.807) is 6.07 Å². The van der Waals surface area contributed by atoms with E-state index in [2.05, 4.69) is 50.4 Å². The molecule has 1 aliphatic heterocycles. The molecule has 2 atom stereocenters. The second kappa shape index (κ2) is 9.49. The largest absolute Gasteiger partial charge is 0.506 e. The van der Waals surface area contributed by atoms with Crippen molar-refractivity contribution in [2.75, 3.05) is 44.7 Å². The summed E-state index contributed by atoms with van der Waals surface area (Å²) in [6, 6.07) is 18.4. The van der Waals surface area contributed by atoms with Crippen LogP contribution in [0.4, 0.5) is 5.69 Å². The minimum absolute atomic E-state index is 0. The number of aromatic hydroxyl groups is 1. The lowest BCUT2D eigenvalue weighted by atomic mass is 10.1. The van der Waals surface area contributed by atoms with Gasteiger partial charge in [0.05, 0.1) is 5.69 Å². The van der Waals surface area contributed by atoms with Crippen LogP contribution in [0.5, 0.6) is 5.75 Å². The number of para-hydroxylation sites is 2. The molecule has 2 unspecified atom stereocenters.